The van der Waals surface area contributed by atoms with Crippen LogP contribution in [0, 0.1) is 0 Å². The van der Waals surface area contributed by atoms with Gasteiger partial charge >= 0.3 is 6.09 Å². The van der Waals surface area contributed by atoms with E-state index in [2.05, 4.69) is 31.8 Å². The number of nitrogens with zero attached hydrogens (tertiary/aromatic N) is 5. The molecule has 9 heteroatoms. The van der Waals surface area contributed by atoms with Gasteiger partial charge in [-0.2, -0.15) is 10.2 Å². The van der Waals surface area contributed by atoms with E-state index >= 15 is 0 Å². The number of carbonyl (C=O) groups is 1. The molecule has 0 saturated heterocycles. The summed E-state index contributed by atoms with van der Waals surface area (Å²) in [5.74, 6) is 0.554. The molecule has 0 atom stereocenters. The van der Waals surface area contributed by atoms with Crippen LogP contribution in [0.15, 0.2) is 31.1 Å². The van der Waals surface area contributed by atoms with Gasteiger partial charge in [-0.1, -0.05) is 6.58 Å². The first-order chi connectivity index (χ1) is 12.1. The molecule has 1 N–H and O–H groups in total. The molecule has 1 amide bonds. The second-order valence-corrected chi connectivity index (χ2v) is 5.13. The molecule has 0 aromatic carbocycles. The van der Waals surface area contributed by atoms with Gasteiger partial charge in [0.25, 0.3) is 0 Å². The highest BCUT2D eigenvalue weighted by molar-refractivity contribution is 5.67. The zero-order chi connectivity index (χ0) is 17.8. The lowest BCUT2D eigenvalue weighted by atomic mass is 10.2. The fraction of sp³-hybridized carbons (Fsp3) is 0.250. The highest BCUT2D eigenvalue weighted by Gasteiger charge is 2.15. The highest BCUT2D eigenvalue weighted by atomic mass is 16.5. The molecule has 0 unspecified atom stereocenters. The van der Waals surface area contributed by atoms with E-state index in [1.807, 2.05) is 12.1 Å². The summed E-state index contributed by atoms with van der Waals surface area (Å²) in [6.45, 7) is 4.34. The summed E-state index contributed by atoms with van der Waals surface area (Å²) in [7, 11) is 3.09. The minimum atomic E-state index is -0.502. The molecule has 0 fully saturated rings. The average Bonchev–Trinajstić information content (AvgIpc) is 3.21. The van der Waals surface area contributed by atoms with Crippen molar-refractivity contribution >= 4 is 17.8 Å². The number of fused-ring (bicyclic) bond motifs is 1. The number of imidazole rings is 1. The summed E-state index contributed by atoms with van der Waals surface area (Å²) in [6, 6.07) is 3.72. The van der Waals surface area contributed by atoms with E-state index in [9.17, 15) is 4.79 Å². The van der Waals surface area contributed by atoms with Crippen LogP contribution in [0.25, 0.3) is 23.0 Å². The second kappa shape index (κ2) is 7.04. The van der Waals surface area contributed by atoms with Crippen LogP contribution in [0.3, 0.4) is 0 Å². The van der Waals surface area contributed by atoms with Crippen LogP contribution in [0.2, 0.25) is 0 Å². The number of methoxy groups -OCH3 is 1. The molecule has 3 heterocycles. The number of aryl methyl sites for hydroxylation is 1. The van der Waals surface area contributed by atoms with E-state index in [4.69, 9.17) is 4.74 Å². The number of hydrogen-bond acceptors (Lipinski definition) is 6. The Bertz CT molecular complexity index is 914. The van der Waals surface area contributed by atoms with Crippen molar-refractivity contribution in [3.8, 4) is 17.1 Å². The molecule has 3 aromatic rings. The average molecular weight is 342 g/mol. The summed E-state index contributed by atoms with van der Waals surface area (Å²) in [5.41, 5.74) is 2.96. The number of carbonyl (C=O) groups excluding carboxylic acids is 1. The van der Waals surface area contributed by atoms with Gasteiger partial charge in [0.05, 0.1) is 43.0 Å². The molecule has 0 spiro atoms. The highest BCUT2D eigenvalue weighted by Crippen LogP contribution is 2.28. The van der Waals surface area contributed by atoms with Crippen LogP contribution in [0.5, 0.6) is 5.88 Å². The van der Waals surface area contributed by atoms with E-state index < -0.39 is 6.09 Å². The number of aromatic nitrogens is 5. The monoisotopic (exact) mass is 342 g/mol. The number of ether oxygens (including phenoxy) is 2. The molecular formula is C16H18N6O3. The van der Waals surface area contributed by atoms with Crippen LogP contribution in [-0.4, -0.2) is 50.7 Å². The maximum Gasteiger partial charge on any atom is 0.406 e. The Morgan fingerprint density at radius 2 is 2.24 bits per heavy atom. The Morgan fingerprint density at radius 3 is 3.00 bits per heavy atom. The Balaban J connectivity index is 1.83. The first-order valence-corrected chi connectivity index (χ1v) is 7.58. The zero-order valence-electron chi connectivity index (χ0n) is 14.0. The van der Waals surface area contributed by atoms with Gasteiger partial charge in [-0.25, -0.2) is 19.0 Å². The quantitative estimate of drug-likeness (QED) is 0.682. The van der Waals surface area contributed by atoms with Crippen LogP contribution in [0.4, 0.5) is 4.79 Å². The van der Waals surface area contributed by atoms with Crippen molar-refractivity contribution in [2.24, 2.45) is 7.05 Å². The van der Waals surface area contributed by atoms with Crippen molar-refractivity contribution in [3.63, 3.8) is 0 Å². The van der Waals surface area contributed by atoms with E-state index in [0.717, 1.165) is 16.9 Å². The molecule has 130 valence electrons. The molecule has 25 heavy (non-hydrogen) atoms. The van der Waals surface area contributed by atoms with Gasteiger partial charge in [-0.05, 0) is 18.2 Å². The number of alkyl carbamates (subject to hydrolysis) is 1. The molecule has 0 aliphatic carbocycles. The predicted molar refractivity (Wildman–Crippen MR) is 91.2 cm³/mol. The molecule has 9 nitrogen and oxygen atoms in total. The topological polar surface area (TPSA) is 95.6 Å². The summed E-state index contributed by atoms with van der Waals surface area (Å²) in [6.07, 6.45) is 4.58. The van der Waals surface area contributed by atoms with Gasteiger partial charge in [-0.15, -0.1) is 0 Å². The summed E-state index contributed by atoms with van der Waals surface area (Å²) >= 11 is 0. The van der Waals surface area contributed by atoms with Gasteiger partial charge in [0.15, 0.2) is 5.65 Å². The SMILES string of the molecule is C=Cc1cnc2ccc(-c3cnn(C)c3OCCNC(=O)OC)nn12. The maximum absolute atomic E-state index is 11.1. The lowest BCUT2D eigenvalue weighted by Gasteiger charge is -2.09. The Kier molecular flexibility index (Phi) is 4.64. The predicted octanol–water partition coefficient (Wildman–Crippen LogP) is 1.51. The maximum atomic E-state index is 11.1. The molecule has 3 aromatic heterocycles. The fourth-order valence-corrected chi connectivity index (χ4v) is 2.32. The number of amides is 1. The van der Waals surface area contributed by atoms with Crippen LogP contribution >= 0.6 is 0 Å². The minimum absolute atomic E-state index is 0.271. The third kappa shape index (κ3) is 3.30. The van der Waals surface area contributed by atoms with Crippen LogP contribution in [-0.2, 0) is 11.8 Å². The van der Waals surface area contributed by atoms with E-state index in [1.165, 1.54) is 7.11 Å². The molecule has 0 bridgehead atoms. The molecule has 0 aliphatic rings. The summed E-state index contributed by atoms with van der Waals surface area (Å²) in [5, 5.41) is 11.4. The lowest BCUT2D eigenvalue weighted by molar-refractivity contribution is 0.168. The van der Waals surface area contributed by atoms with E-state index in [-0.39, 0.29) is 6.61 Å². The Morgan fingerprint density at radius 1 is 1.40 bits per heavy atom. The van der Waals surface area contributed by atoms with Crippen LogP contribution < -0.4 is 10.1 Å². The Hall–Kier alpha value is -3.36. The lowest BCUT2D eigenvalue weighted by Crippen LogP contribution is -2.28. The molecular weight excluding hydrogens is 324 g/mol. The summed E-state index contributed by atoms with van der Waals surface area (Å²) < 4.78 is 13.6. The fourth-order valence-electron chi connectivity index (χ4n) is 2.32. The van der Waals surface area contributed by atoms with Gasteiger partial charge in [0.1, 0.15) is 6.61 Å². The van der Waals surface area contributed by atoms with Crippen molar-refractivity contribution in [3.05, 3.63) is 36.8 Å². The number of rotatable bonds is 6. The number of nitrogens with one attached hydrogen (secondary N) is 1. The smallest absolute Gasteiger partial charge is 0.406 e. The van der Waals surface area contributed by atoms with Crippen molar-refractivity contribution < 1.29 is 14.3 Å². The first kappa shape index (κ1) is 16.5. The Labute approximate surface area is 143 Å². The largest absolute Gasteiger partial charge is 0.475 e. The van der Waals surface area contributed by atoms with Crippen LogP contribution in [0.1, 0.15) is 5.69 Å². The van der Waals surface area contributed by atoms with Crippen molar-refractivity contribution in [2.75, 3.05) is 20.3 Å². The summed E-state index contributed by atoms with van der Waals surface area (Å²) in [4.78, 5) is 15.3. The third-order valence-corrected chi connectivity index (χ3v) is 3.55. The van der Waals surface area contributed by atoms with E-state index in [0.29, 0.717) is 18.1 Å². The molecule has 0 radical (unpaired) electrons. The van der Waals surface area contributed by atoms with E-state index in [1.54, 1.807) is 34.7 Å². The molecule has 3 rings (SSSR count). The zero-order valence-corrected chi connectivity index (χ0v) is 14.0. The molecule has 0 saturated carbocycles. The second-order valence-electron chi connectivity index (χ2n) is 5.13. The molecule has 0 aliphatic heterocycles. The van der Waals surface area contributed by atoms with Crippen molar-refractivity contribution in [1.29, 1.82) is 0 Å². The first-order valence-electron chi connectivity index (χ1n) is 7.58. The number of hydrogen-bond donors (Lipinski definition) is 1. The standard InChI is InChI=1S/C16H18N6O3/c1-4-11-9-18-14-6-5-13(20-22(11)14)12-10-19-21(2)15(12)25-8-7-17-16(23)24-3/h4-6,9-10H,1,7-8H2,2-3H3,(H,17,23). The minimum Gasteiger partial charge on any atom is -0.475 e. The third-order valence-electron chi connectivity index (χ3n) is 3.55. The van der Waals surface area contributed by atoms with Crippen molar-refractivity contribution in [2.45, 2.75) is 0 Å². The van der Waals surface area contributed by atoms with Gasteiger partial charge < -0.3 is 14.8 Å². The normalized spacial score (nSPS) is 10.6. The van der Waals surface area contributed by atoms with Gasteiger partial charge in [0, 0.05) is 7.05 Å². The van der Waals surface area contributed by atoms with Gasteiger partial charge in [-0.3, -0.25) is 0 Å². The van der Waals surface area contributed by atoms with Crippen molar-refractivity contribution in [1.82, 2.24) is 29.7 Å². The van der Waals surface area contributed by atoms with Gasteiger partial charge in [0.2, 0.25) is 5.88 Å².